The molecule has 10 heteroatoms. The lowest BCUT2D eigenvalue weighted by atomic mass is 10.1. The third kappa shape index (κ3) is 6.36. The number of amides is 1. The molecule has 8 nitrogen and oxygen atoms in total. The summed E-state index contributed by atoms with van der Waals surface area (Å²) in [5.74, 6) is -0.00867. The first kappa shape index (κ1) is 26.2. The summed E-state index contributed by atoms with van der Waals surface area (Å²) in [5.41, 5.74) is 4.16. The number of aromatic amines is 1. The van der Waals surface area contributed by atoms with Gasteiger partial charge in [0.2, 0.25) is 5.91 Å². The van der Waals surface area contributed by atoms with Crippen molar-refractivity contribution < 1.29 is 13.2 Å². The smallest absolute Gasteiger partial charge is 0.263 e. The zero-order valence-electron chi connectivity index (χ0n) is 20.9. The van der Waals surface area contributed by atoms with E-state index in [9.17, 15) is 13.2 Å². The number of rotatable bonds is 9. The first-order valence-corrected chi connectivity index (χ1v) is 14.5. The topological polar surface area (TPSA) is 117 Å². The maximum absolute atomic E-state index is 13.0. The first-order valence-electron chi connectivity index (χ1n) is 12.1. The zero-order chi connectivity index (χ0) is 27.2. The predicted octanol–water partition coefficient (Wildman–Crippen LogP) is 6.06. The Morgan fingerprint density at radius 2 is 1.49 bits per heavy atom. The fourth-order valence-corrected chi connectivity index (χ4v) is 5.64. The number of nitrogens with zero attached hydrogens (tertiary/aromatic N) is 2. The molecule has 1 amide bonds. The quantitative estimate of drug-likeness (QED) is 0.190. The normalized spacial score (nSPS) is 12.0. The highest BCUT2D eigenvalue weighted by atomic mass is 32.2. The molecule has 2 heterocycles. The molecule has 5 rings (SSSR count). The van der Waals surface area contributed by atoms with Crippen LogP contribution in [0.2, 0.25) is 0 Å². The monoisotopic (exact) mass is 555 g/mol. The standard InChI is InChI=1S/C29H25N5O3S2/c1-20(28(35)31-23-15-17-24(18-16-23)39(36,37)34-25-14-8-9-19-30-25)38-29-32-26(21-10-4-2-5-11-21)27(33-29)22-12-6-3-7-13-22/h2-20H,1H3,(H,30,34)(H,31,35)(H,32,33). The highest BCUT2D eigenvalue weighted by Gasteiger charge is 2.21. The molecule has 1 atom stereocenters. The lowest BCUT2D eigenvalue weighted by molar-refractivity contribution is -0.115. The largest absolute Gasteiger partial charge is 0.332 e. The Kier molecular flexibility index (Phi) is 7.76. The van der Waals surface area contributed by atoms with Crippen molar-refractivity contribution in [2.75, 3.05) is 10.0 Å². The van der Waals surface area contributed by atoms with Crippen molar-refractivity contribution in [1.29, 1.82) is 0 Å². The minimum Gasteiger partial charge on any atom is -0.332 e. The van der Waals surface area contributed by atoms with Gasteiger partial charge in [0.15, 0.2) is 5.16 Å². The summed E-state index contributed by atoms with van der Waals surface area (Å²) >= 11 is 1.31. The number of imidazole rings is 1. The minimum atomic E-state index is -3.80. The van der Waals surface area contributed by atoms with Crippen LogP contribution < -0.4 is 10.0 Å². The lowest BCUT2D eigenvalue weighted by Crippen LogP contribution is -2.22. The molecule has 0 saturated heterocycles. The number of pyridine rings is 1. The van der Waals surface area contributed by atoms with Crippen LogP contribution >= 0.6 is 11.8 Å². The van der Waals surface area contributed by atoms with E-state index < -0.39 is 15.3 Å². The Balaban J connectivity index is 1.28. The molecule has 39 heavy (non-hydrogen) atoms. The molecular formula is C29H25N5O3S2. The summed E-state index contributed by atoms with van der Waals surface area (Å²) in [7, 11) is -3.80. The SMILES string of the molecule is CC(Sc1nc(-c2ccccc2)c(-c2ccccc2)[nH]1)C(=O)Nc1ccc(S(=O)(=O)Nc2ccccn2)cc1. The molecule has 0 bridgehead atoms. The summed E-state index contributed by atoms with van der Waals surface area (Å²) < 4.78 is 27.7. The molecule has 1 unspecified atom stereocenters. The Morgan fingerprint density at radius 1 is 0.846 bits per heavy atom. The minimum absolute atomic E-state index is 0.0612. The van der Waals surface area contributed by atoms with Crippen LogP contribution in [0.4, 0.5) is 11.5 Å². The summed E-state index contributed by atoms with van der Waals surface area (Å²) in [6, 6.07) is 30.8. The van der Waals surface area contributed by atoms with Crippen LogP contribution in [0.1, 0.15) is 6.92 Å². The van der Waals surface area contributed by atoms with Gasteiger partial charge in [0.25, 0.3) is 10.0 Å². The van der Waals surface area contributed by atoms with Crippen molar-refractivity contribution in [2.24, 2.45) is 0 Å². The molecule has 0 aliphatic heterocycles. The third-order valence-corrected chi connectivity index (χ3v) is 8.14. The first-order chi connectivity index (χ1) is 18.9. The summed E-state index contributed by atoms with van der Waals surface area (Å²) in [4.78, 5) is 25.2. The van der Waals surface area contributed by atoms with Crippen molar-refractivity contribution in [3.05, 3.63) is 109 Å². The van der Waals surface area contributed by atoms with E-state index in [2.05, 4.69) is 20.0 Å². The molecular weight excluding hydrogens is 530 g/mol. The van der Waals surface area contributed by atoms with Gasteiger partial charge in [0, 0.05) is 23.0 Å². The van der Waals surface area contributed by atoms with E-state index in [1.807, 2.05) is 60.7 Å². The average molecular weight is 556 g/mol. The second-order valence-electron chi connectivity index (χ2n) is 8.59. The number of thioether (sulfide) groups is 1. The maximum Gasteiger partial charge on any atom is 0.263 e. The van der Waals surface area contributed by atoms with Crippen molar-refractivity contribution >= 4 is 39.2 Å². The van der Waals surface area contributed by atoms with Crippen molar-refractivity contribution in [1.82, 2.24) is 15.0 Å². The van der Waals surface area contributed by atoms with Crippen LogP contribution in [0.25, 0.3) is 22.5 Å². The number of nitrogens with one attached hydrogen (secondary N) is 3. The number of anilines is 2. The van der Waals surface area contributed by atoms with E-state index in [0.717, 1.165) is 22.5 Å². The van der Waals surface area contributed by atoms with E-state index >= 15 is 0 Å². The highest BCUT2D eigenvalue weighted by molar-refractivity contribution is 8.00. The van der Waals surface area contributed by atoms with Crippen LogP contribution in [0.15, 0.2) is 119 Å². The van der Waals surface area contributed by atoms with Crippen LogP contribution in [-0.2, 0) is 14.8 Å². The Morgan fingerprint density at radius 3 is 2.13 bits per heavy atom. The second-order valence-corrected chi connectivity index (χ2v) is 11.6. The fourth-order valence-electron chi connectivity index (χ4n) is 3.83. The van der Waals surface area contributed by atoms with E-state index in [-0.39, 0.29) is 16.6 Å². The molecule has 196 valence electrons. The second kappa shape index (κ2) is 11.5. The Hall–Kier alpha value is -4.41. The number of H-pyrrole nitrogens is 1. The molecule has 0 saturated carbocycles. The highest BCUT2D eigenvalue weighted by Crippen LogP contribution is 2.34. The number of sulfonamides is 1. The molecule has 5 aromatic rings. The van der Waals surface area contributed by atoms with Gasteiger partial charge in [-0.2, -0.15) is 0 Å². The Labute approximate surface area is 231 Å². The number of benzene rings is 3. The van der Waals surface area contributed by atoms with E-state index in [1.165, 1.54) is 30.1 Å². The summed E-state index contributed by atoms with van der Waals surface area (Å²) in [6.45, 7) is 1.79. The van der Waals surface area contributed by atoms with E-state index in [0.29, 0.717) is 10.8 Å². The molecule has 0 radical (unpaired) electrons. The fraction of sp³-hybridized carbons (Fsp3) is 0.0690. The van der Waals surface area contributed by atoms with Gasteiger partial charge in [0.05, 0.1) is 21.5 Å². The van der Waals surface area contributed by atoms with Gasteiger partial charge in [0.1, 0.15) is 5.82 Å². The average Bonchev–Trinajstić information content (AvgIpc) is 3.38. The number of carbonyl (C=O) groups is 1. The summed E-state index contributed by atoms with van der Waals surface area (Å²) in [5, 5.41) is 2.99. The number of hydrogen-bond donors (Lipinski definition) is 3. The Bertz CT molecular complexity index is 1600. The van der Waals surface area contributed by atoms with Gasteiger partial charge in [-0.1, -0.05) is 78.5 Å². The molecule has 3 aromatic carbocycles. The van der Waals surface area contributed by atoms with Gasteiger partial charge >= 0.3 is 0 Å². The predicted molar refractivity (Wildman–Crippen MR) is 155 cm³/mol. The molecule has 0 aliphatic rings. The molecule has 2 aromatic heterocycles. The molecule has 0 aliphatic carbocycles. The van der Waals surface area contributed by atoms with Crippen LogP contribution in [0.3, 0.4) is 0 Å². The van der Waals surface area contributed by atoms with Gasteiger partial charge in [-0.3, -0.25) is 9.52 Å². The van der Waals surface area contributed by atoms with Gasteiger partial charge in [-0.25, -0.2) is 18.4 Å². The third-order valence-electron chi connectivity index (χ3n) is 5.79. The number of carbonyl (C=O) groups excluding carboxylic acids is 1. The maximum atomic E-state index is 13.0. The van der Waals surface area contributed by atoms with Crippen LogP contribution in [-0.4, -0.2) is 34.5 Å². The van der Waals surface area contributed by atoms with Crippen LogP contribution in [0, 0.1) is 0 Å². The lowest BCUT2D eigenvalue weighted by Gasteiger charge is -2.12. The number of aromatic nitrogens is 3. The van der Waals surface area contributed by atoms with E-state index in [4.69, 9.17) is 4.98 Å². The zero-order valence-corrected chi connectivity index (χ0v) is 22.5. The van der Waals surface area contributed by atoms with Crippen molar-refractivity contribution in [2.45, 2.75) is 22.2 Å². The van der Waals surface area contributed by atoms with Gasteiger partial charge in [-0.05, 0) is 43.3 Å². The van der Waals surface area contributed by atoms with E-state index in [1.54, 1.807) is 37.3 Å². The van der Waals surface area contributed by atoms with Crippen LogP contribution in [0.5, 0.6) is 0 Å². The summed E-state index contributed by atoms with van der Waals surface area (Å²) in [6.07, 6.45) is 1.50. The van der Waals surface area contributed by atoms with Gasteiger partial charge < -0.3 is 10.3 Å². The van der Waals surface area contributed by atoms with Gasteiger partial charge in [-0.15, -0.1) is 0 Å². The molecule has 0 fully saturated rings. The van der Waals surface area contributed by atoms with Crippen molar-refractivity contribution in [3.8, 4) is 22.5 Å². The van der Waals surface area contributed by atoms with Crippen molar-refractivity contribution in [3.63, 3.8) is 0 Å². The number of hydrogen-bond acceptors (Lipinski definition) is 6. The molecule has 0 spiro atoms. The molecule has 3 N–H and O–H groups in total.